The molecule has 0 radical (unpaired) electrons. The highest BCUT2D eigenvalue weighted by atomic mass is 32.1. The first-order valence-electron chi connectivity index (χ1n) is 10.9. The quantitative estimate of drug-likeness (QED) is 0.448. The van der Waals surface area contributed by atoms with E-state index in [2.05, 4.69) is 20.8 Å². The molecule has 5 heteroatoms. The summed E-state index contributed by atoms with van der Waals surface area (Å²) < 4.78 is 0. The van der Waals surface area contributed by atoms with Crippen LogP contribution in [0.15, 0.2) is 77.8 Å². The minimum Gasteiger partial charge on any atom is -0.362 e. The maximum absolute atomic E-state index is 13.7. The Balaban J connectivity index is 1.75. The van der Waals surface area contributed by atoms with Crippen molar-refractivity contribution in [2.75, 3.05) is 11.4 Å². The van der Waals surface area contributed by atoms with Gasteiger partial charge in [-0.25, -0.2) is 4.90 Å². The lowest BCUT2D eigenvalue weighted by molar-refractivity contribution is -0.120. The Morgan fingerprint density at radius 3 is 2.12 bits per heavy atom. The molecule has 0 N–H and O–H groups in total. The van der Waals surface area contributed by atoms with Crippen molar-refractivity contribution in [2.45, 2.75) is 39.7 Å². The van der Waals surface area contributed by atoms with Crippen molar-refractivity contribution in [1.29, 1.82) is 0 Å². The SMILES string of the molecule is CCN(Cc1ccccc1)C1=C(c2cccs2)C(=O)N(c2ccc(C(C)(C)C)cc2)C1=O. The molecule has 4 rings (SSSR count). The predicted molar refractivity (Wildman–Crippen MR) is 131 cm³/mol. The topological polar surface area (TPSA) is 40.6 Å². The number of carbonyl (C=O) groups is 2. The molecule has 0 unspecified atom stereocenters. The second-order valence-corrected chi connectivity index (χ2v) is 9.89. The van der Waals surface area contributed by atoms with Crippen molar-refractivity contribution in [3.8, 4) is 0 Å². The van der Waals surface area contributed by atoms with Crippen LogP contribution < -0.4 is 4.90 Å². The number of imide groups is 1. The number of anilines is 1. The van der Waals surface area contributed by atoms with Crippen molar-refractivity contribution in [2.24, 2.45) is 0 Å². The summed E-state index contributed by atoms with van der Waals surface area (Å²) >= 11 is 1.48. The molecular weight excluding hydrogens is 416 g/mol. The fraction of sp³-hybridized carbons (Fsp3) is 0.259. The van der Waals surface area contributed by atoms with Gasteiger partial charge in [-0.3, -0.25) is 9.59 Å². The maximum Gasteiger partial charge on any atom is 0.282 e. The molecule has 4 nitrogen and oxygen atoms in total. The Kier molecular flexibility index (Phi) is 6.02. The van der Waals surface area contributed by atoms with Crippen LogP contribution in [-0.4, -0.2) is 23.3 Å². The Labute approximate surface area is 193 Å². The van der Waals surface area contributed by atoms with E-state index >= 15 is 0 Å². The van der Waals surface area contributed by atoms with Gasteiger partial charge in [-0.2, -0.15) is 0 Å². The van der Waals surface area contributed by atoms with E-state index in [0.717, 1.165) is 16.0 Å². The lowest BCUT2D eigenvalue weighted by Gasteiger charge is -2.25. The van der Waals surface area contributed by atoms with Gasteiger partial charge in [0.05, 0.1) is 11.3 Å². The second-order valence-electron chi connectivity index (χ2n) is 8.94. The van der Waals surface area contributed by atoms with Crippen LogP contribution in [0.2, 0.25) is 0 Å². The number of thiophene rings is 1. The van der Waals surface area contributed by atoms with Crippen LogP contribution in [0.3, 0.4) is 0 Å². The third-order valence-corrected chi connectivity index (χ3v) is 6.62. The molecule has 0 saturated carbocycles. The summed E-state index contributed by atoms with van der Waals surface area (Å²) in [6, 6.07) is 21.6. The summed E-state index contributed by atoms with van der Waals surface area (Å²) in [6.45, 7) is 9.63. The van der Waals surface area contributed by atoms with Crippen LogP contribution >= 0.6 is 11.3 Å². The van der Waals surface area contributed by atoms with E-state index in [1.54, 1.807) is 0 Å². The molecule has 2 heterocycles. The van der Waals surface area contributed by atoms with E-state index in [4.69, 9.17) is 0 Å². The van der Waals surface area contributed by atoms with Crippen molar-refractivity contribution in [3.05, 3.63) is 93.8 Å². The second kappa shape index (κ2) is 8.75. The van der Waals surface area contributed by atoms with Gasteiger partial charge in [0.1, 0.15) is 5.70 Å². The van der Waals surface area contributed by atoms with Crippen molar-refractivity contribution >= 4 is 34.4 Å². The molecule has 0 spiro atoms. The van der Waals surface area contributed by atoms with E-state index < -0.39 is 0 Å². The summed E-state index contributed by atoms with van der Waals surface area (Å²) in [5.41, 5.74) is 3.82. The van der Waals surface area contributed by atoms with E-state index in [9.17, 15) is 9.59 Å². The molecular formula is C27H28N2O2S. The summed E-state index contributed by atoms with van der Waals surface area (Å²) in [5.74, 6) is -0.526. The Bertz CT molecular complexity index is 1140. The normalized spacial score (nSPS) is 14.4. The molecule has 0 aliphatic carbocycles. The Hall–Kier alpha value is -3.18. The van der Waals surface area contributed by atoms with Gasteiger partial charge in [-0.15, -0.1) is 11.3 Å². The van der Waals surface area contributed by atoms with Gasteiger partial charge in [-0.05, 0) is 47.0 Å². The first-order chi connectivity index (χ1) is 15.3. The van der Waals surface area contributed by atoms with Crippen LogP contribution in [0, 0.1) is 0 Å². The van der Waals surface area contributed by atoms with Crippen LogP contribution in [0.1, 0.15) is 43.7 Å². The number of benzene rings is 2. The van der Waals surface area contributed by atoms with Crippen molar-refractivity contribution in [3.63, 3.8) is 0 Å². The Morgan fingerprint density at radius 2 is 1.56 bits per heavy atom. The van der Waals surface area contributed by atoms with Crippen LogP contribution in [0.5, 0.6) is 0 Å². The molecule has 32 heavy (non-hydrogen) atoms. The molecule has 3 aromatic rings. The number of hydrogen-bond acceptors (Lipinski definition) is 4. The number of rotatable bonds is 6. The number of amides is 2. The van der Waals surface area contributed by atoms with E-state index in [1.807, 2.05) is 83.9 Å². The third-order valence-electron chi connectivity index (χ3n) is 5.73. The molecule has 2 amide bonds. The zero-order chi connectivity index (χ0) is 22.9. The molecule has 0 atom stereocenters. The molecule has 0 saturated heterocycles. The van der Waals surface area contributed by atoms with Crippen molar-refractivity contribution in [1.82, 2.24) is 4.90 Å². The predicted octanol–water partition coefficient (Wildman–Crippen LogP) is 5.85. The number of carbonyl (C=O) groups excluding carboxylic acids is 2. The highest BCUT2D eigenvalue weighted by molar-refractivity contribution is 7.11. The standard InChI is InChI=1S/C27H28N2O2S/c1-5-28(18-19-10-7-6-8-11-19)24-23(22-12-9-17-32-22)25(30)29(26(24)31)21-15-13-20(14-16-21)27(2,3)4/h6-17H,5,18H2,1-4H3. The minimum atomic E-state index is -0.264. The fourth-order valence-electron chi connectivity index (χ4n) is 3.95. The average molecular weight is 445 g/mol. The van der Waals surface area contributed by atoms with Gasteiger partial charge in [0, 0.05) is 18.0 Å². The molecule has 0 fully saturated rings. The minimum absolute atomic E-state index is 0.00219. The molecule has 1 aliphatic heterocycles. The third kappa shape index (κ3) is 4.13. The first-order valence-corrected chi connectivity index (χ1v) is 11.8. The van der Waals surface area contributed by atoms with Crippen molar-refractivity contribution < 1.29 is 9.59 Å². The van der Waals surface area contributed by atoms with Gasteiger partial charge in [0.25, 0.3) is 11.8 Å². The summed E-state index contributed by atoms with van der Waals surface area (Å²) in [4.78, 5) is 31.5. The number of hydrogen-bond donors (Lipinski definition) is 0. The molecule has 1 aromatic heterocycles. The maximum atomic E-state index is 13.7. The lowest BCUT2D eigenvalue weighted by Crippen LogP contribution is -2.35. The zero-order valence-electron chi connectivity index (χ0n) is 19.0. The van der Waals surface area contributed by atoms with Crippen LogP contribution in [0.25, 0.3) is 5.57 Å². The molecule has 0 bridgehead atoms. The Morgan fingerprint density at radius 1 is 0.875 bits per heavy atom. The highest BCUT2D eigenvalue weighted by Crippen LogP contribution is 2.37. The average Bonchev–Trinajstić information content (AvgIpc) is 3.38. The zero-order valence-corrected chi connectivity index (χ0v) is 19.8. The molecule has 164 valence electrons. The largest absolute Gasteiger partial charge is 0.362 e. The van der Waals surface area contributed by atoms with Gasteiger partial charge in [0.15, 0.2) is 0 Å². The van der Waals surface area contributed by atoms with Gasteiger partial charge < -0.3 is 4.90 Å². The van der Waals surface area contributed by atoms with Crippen LogP contribution in [0.4, 0.5) is 5.69 Å². The highest BCUT2D eigenvalue weighted by Gasteiger charge is 2.42. The summed E-state index contributed by atoms with van der Waals surface area (Å²) in [5, 5.41) is 1.94. The molecule has 2 aromatic carbocycles. The van der Waals surface area contributed by atoms with E-state index in [1.165, 1.54) is 16.2 Å². The van der Waals surface area contributed by atoms with Crippen LogP contribution in [-0.2, 0) is 21.5 Å². The first kappa shape index (κ1) is 22.0. The fourth-order valence-corrected chi connectivity index (χ4v) is 4.71. The number of nitrogens with zero attached hydrogens (tertiary/aromatic N) is 2. The monoisotopic (exact) mass is 444 g/mol. The summed E-state index contributed by atoms with van der Waals surface area (Å²) in [7, 11) is 0. The van der Waals surface area contributed by atoms with Gasteiger partial charge in [0.2, 0.25) is 0 Å². The number of likely N-dealkylation sites (N-methyl/N-ethyl adjacent to an activating group) is 1. The van der Waals surface area contributed by atoms with E-state index in [-0.39, 0.29) is 17.2 Å². The molecule has 1 aliphatic rings. The van der Waals surface area contributed by atoms with Gasteiger partial charge in [-0.1, -0.05) is 69.3 Å². The lowest BCUT2D eigenvalue weighted by atomic mass is 9.87. The smallest absolute Gasteiger partial charge is 0.282 e. The summed E-state index contributed by atoms with van der Waals surface area (Å²) in [6.07, 6.45) is 0. The van der Waals surface area contributed by atoms with E-state index in [0.29, 0.717) is 30.0 Å². The van der Waals surface area contributed by atoms with Gasteiger partial charge >= 0.3 is 0 Å².